The van der Waals surface area contributed by atoms with Gasteiger partial charge < -0.3 is 92.6 Å². The van der Waals surface area contributed by atoms with E-state index in [1.807, 2.05) is 51.1 Å². The van der Waals surface area contributed by atoms with Crippen molar-refractivity contribution in [1.29, 1.82) is 0 Å². The second-order valence-electron chi connectivity index (χ2n) is 24.1. The van der Waals surface area contributed by atoms with Crippen LogP contribution in [0.3, 0.4) is 0 Å². The van der Waals surface area contributed by atoms with Gasteiger partial charge in [0.05, 0.1) is 66.0 Å². The van der Waals surface area contributed by atoms with Crippen molar-refractivity contribution in [2.45, 2.75) is 259 Å². The SMILES string of the molecule is COC1CC(OC2C(O)CC(O[C@H]3CC[C@]4(C)C5CC(OC(=O)/C=C/c6ccccc6)[C@@]6(C)[C@](O)(CC[C@@]6(O)C(C)O)[C@]5(O)CC[C@H]4C3)OC2C)OC(C)C1OC1CC(OC)C(OC2OC(C)C(O)C(OC)C2O)C(C)O1. The molecule has 0 spiro atoms. The molecular weight excluding hydrogens is 1000 g/mol. The van der Waals surface area contributed by atoms with Crippen LogP contribution in [-0.4, -0.2) is 203 Å². The number of ether oxygens (including phenoxy) is 12. The lowest BCUT2D eigenvalue weighted by Crippen LogP contribution is -2.79. The van der Waals surface area contributed by atoms with Crippen LogP contribution in [0.5, 0.6) is 0 Å². The van der Waals surface area contributed by atoms with E-state index in [1.165, 1.54) is 20.1 Å². The molecule has 436 valence electrons. The van der Waals surface area contributed by atoms with Crippen molar-refractivity contribution in [3.8, 4) is 0 Å². The average Bonchev–Trinajstić information content (AvgIpc) is 3.90. The largest absolute Gasteiger partial charge is 0.458 e. The van der Waals surface area contributed by atoms with Crippen LogP contribution in [0.15, 0.2) is 36.4 Å². The fourth-order valence-electron chi connectivity index (χ4n) is 15.6. The summed E-state index contributed by atoms with van der Waals surface area (Å²) in [6, 6.07) is 9.33. The Bertz CT molecular complexity index is 2160. The van der Waals surface area contributed by atoms with Gasteiger partial charge in [-0.2, -0.15) is 0 Å². The van der Waals surface area contributed by atoms with Gasteiger partial charge in [0, 0.05) is 46.7 Å². The molecule has 4 saturated carbocycles. The van der Waals surface area contributed by atoms with E-state index in [-0.39, 0.29) is 57.0 Å². The molecule has 20 nitrogen and oxygen atoms in total. The topological polar surface area (TPSA) is 269 Å². The zero-order valence-electron chi connectivity index (χ0n) is 46.5. The Labute approximate surface area is 452 Å². The zero-order chi connectivity index (χ0) is 55.6. The Kier molecular flexibility index (Phi) is 17.8. The van der Waals surface area contributed by atoms with Gasteiger partial charge in [-0.05, 0) is 115 Å². The van der Waals surface area contributed by atoms with Crippen molar-refractivity contribution in [3.05, 3.63) is 42.0 Å². The second-order valence-corrected chi connectivity index (χ2v) is 24.1. The van der Waals surface area contributed by atoms with Gasteiger partial charge in [0.15, 0.2) is 25.2 Å². The number of aliphatic hydroxyl groups is 7. The summed E-state index contributed by atoms with van der Waals surface area (Å²) in [6.45, 7) is 12.5. The summed E-state index contributed by atoms with van der Waals surface area (Å²) < 4.78 is 74.3. The molecule has 4 aliphatic heterocycles. The summed E-state index contributed by atoms with van der Waals surface area (Å²) in [6.07, 6.45) is -8.55. The fourth-order valence-corrected chi connectivity index (χ4v) is 15.6. The summed E-state index contributed by atoms with van der Waals surface area (Å²) in [5.41, 5.74) is -6.68. The third-order valence-electron chi connectivity index (χ3n) is 20.1. The number of hydrogen-bond donors (Lipinski definition) is 7. The van der Waals surface area contributed by atoms with Crippen LogP contribution < -0.4 is 0 Å². The number of carbonyl (C=O) groups is 1. The lowest BCUT2D eigenvalue weighted by molar-refractivity contribution is -0.356. The van der Waals surface area contributed by atoms with E-state index < -0.39 is 156 Å². The first-order valence-corrected chi connectivity index (χ1v) is 28.1. The highest BCUT2D eigenvalue weighted by molar-refractivity contribution is 5.87. The van der Waals surface area contributed by atoms with Crippen LogP contribution in [0, 0.1) is 22.7 Å². The molecule has 4 saturated heterocycles. The maximum Gasteiger partial charge on any atom is 0.331 e. The number of esters is 1. The summed E-state index contributed by atoms with van der Waals surface area (Å²) in [5, 5.41) is 82.4. The lowest BCUT2D eigenvalue weighted by atomic mass is 9.40. The number of aliphatic hydroxyl groups excluding tert-OH is 4. The van der Waals surface area contributed by atoms with E-state index in [0.717, 1.165) is 5.56 Å². The number of rotatable bonds is 15. The van der Waals surface area contributed by atoms with Gasteiger partial charge in [-0.1, -0.05) is 44.2 Å². The van der Waals surface area contributed by atoms with Gasteiger partial charge in [0.1, 0.15) is 53.9 Å². The molecule has 0 amide bonds. The third-order valence-corrected chi connectivity index (χ3v) is 20.1. The van der Waals surface area contributed by atoms with E-state index in [9.17, 15) is 40.5 Å². The molecule has 8 fully saturated rings. The Balaban J connectivity index is 0.790. The predicted octanol–water partition coefficient (Wildman–Crippen LogP) is 3.42. The summed E-state index contributed by atoms with van der Waals surface area (Å²) in [4.78, 5) is 13.6. The molecule has 9 rings (SSSR count). The van der Waals surface area contributed by atoms with Crippen LogP contribution in [-0.2, 0) is 61.6 Å². The van der Waals surface area contributed by atoms with E-state index in [4.69, 9.17) is 56.8 Å². The van der Waals surface area contributed by atoms with Crippen LogP contribution in [0.2, 0.25) is 0 Å². The minimum absolute atomic E-state index is 0.0187. The van der Waals surface area contributed by atoms with Gasteiger partial charge in [-0.15, -0.1) is 0 Å². The molecule has 1 aromatic carbocycles. The Morgan fingerprint density at radius 1 is 0.662 bits per heavy atom. The number of benzene rings is 1. The van der Waals surface area contributed by atoms with Gasteiger partial charge in [0.25, 0.3) is 0 Å². The van der Waals surface area contributed by atoms with E-state index in [1.54, 1.807) is 34.1 Å². The normalized spacial score (nSPS) is 50.6. The molecule has 0 aromatic heterocycles. The Morgan fingerprint density at radius 2 is 1.26 bits per heavy atom. The highest BCUT2D eigenvalue weighted by Crippen LogP contribution is 2.72. The predicted molar refractivity (Wildman–Crippen MR) is 273 cm³/mol. The van der Waals surface area contributed by atoms with Crippen molar-refractivity contribution in [2.75, 3.05) is 21.3 Å². The third kappa shape index (κ3) is 10.6. The minimum atomic E-state index is -1.88. The van der Waals surface area contributed by atoms with Crippen LogP contribution in [0.4, 0.5) is 0 Å². The molecule has 20 unspecified atom stereocenters. The first-order chi connectivity index (χ1) is 36.4. The van der Waals surface area contributed by atoms with Crippen LogP contribution in [0.25, 0.3) is 6.08 Å². The highest BCUT2D eigenvalue weighted by Gasteiger charge is 2.81. The van der Waals surface area contributed by atoms with E-state index in [0.29, 0.717) is 25.7 Å². The average molecular weight is 1090 g/mol. The first-order valence-electron chi connectivity index (χ1n) is 28.1. The second kappa shape index (κ2) is 23.2. The molecule has 77 heavy (non-hydrogen) atoms. The molecule has 0 bridgehead atoms. The smallest absolute Gasteiger partial charge is 0.331 e. The van der Waals surface area contributed by atoms with Crippen molar-refractivity contribution in [2.24, 2.45) is 22.7 Å². The molecular formula is C57H88O20. The summed E-state index contributed by atoms with van der Waals surface area (Å²) in [7, 11) is 4.57. The number of carbonyl (C=O) groups excluding carboxylic acids is 1. The molecule has 4 aliphatic carbocycles. The molecule has 7 N–H and O–H groups in total. The number of fused-ring (bicyclic) bond motifs is 5. The molecule has 4 heterocycles. The van der Waals surface area contributed by atoms with E-state index >= 15 is 0 Å². The number of methoxy groups -OCH3 is 3. The fraction of sp³-hybridized carbons (Fsp3) is 0.842. The Hall–Kier alpha value is -2.29. The summed E-state index contributed by atoms with van der Waals surface area (Å²) in [5.74, 6) is -1.10. The molecule has 20 heteroatoms. The molecule has 27 atom stereocenters. The highest BCUT2D eigenvalue weighted by atomic mass is 16.8. The van der Waals surface area contributed by atoms with Crippen LogP contribution in [0.1, 0.15) is 125 Å². The first kappa shape index (κ1) is 59.3. The monoisotopic (exact) mass is 1090 g/mol. The molecule has 1 aromatic rings. The molecule has 0 radical (unpaired) electrons. The van der Waals surface area contributed by atoms with Gasteiger partial charge in [0.2, 0.25) is 0 Å². The zero-order valence-corrected chi connectivity index (χ0v) is 46.5. The summed E-state index contributed by atoms with van der Waals surface area (Å²) >= 11 is 0. The standard InChI is InChI=1S/C57H88O20/c1-29-46(61)51(68-10)47(62)52(72-29)77-50-32(4)71-45(27-39(50)67-9)76-49-31(3)70-44(26-38(49)66-8)75-48-30(2)69-43(25-37(48)59)73-36-19-20-53(6)35(24-36)18-21-56(64)40(53)28-41(74-42(60)17-16-34-14-12-11-13-15-34)54(7)55(63,33(5)58)22-23-57(54,56)65/h11-17,29-33,35-41,43-52,58-59,61-65H,18-28H2,1-10H3/b17-16+/t29?,30?,31?,32?,33?,35-,36-,37?,38?,39?,40?,41?,43?,44?,45?,46?,47?,48?,49?,50?,51?,52?,53-,54+,55+,56-,57+/m0/s1. The minimum Gasteiger partial charge on any atom is -0.458 e. The van der Waals surface area contributed by atoms with Crippen molar-refractivity contribution >= 4 is 12.0 Å². The Morgan fingerprint density at radius 3 is 1.86 bits per heavy atom. The van der Waals surface area contributed by atoms with Crippen molar-refractivity contribution < 1.29 is 97.4 Å². The number of hydrogen-bond acceptors (Lipinski definition) is 20. The van der Waals surface area contributed by atoms with Gasteiger partial charge in [-0.25, -0.2) is 4.79 Å². The van der Waals surface area contributed by atoms with Crippen LogP contribution >= 0.6 is 0 Å². The lowest BCUT2D eigenvalue weighted by Gasteiger charge is -2.69. The molecule has 8 aliphatic rings. The van der Waals surface area contributed by atoms with Gasteiger partial charge >= 0.3 is 5.97 Å². The maximum atomic E-state index is 13.6. The van der Waals surface area contributed by atoms with Gasteiger partial charge in [-0.3, -0.25) is 0 Å². The van der Waals surface area contributed by atoms with E-state index in [2.05, 4.69) is 6.92 Å². The maximum absolute atomic E-state index is 13.6. The quantitative estimate of drug-likeness (QED) is 0.0753. The van der Waals surface area contributed by atoms with Crippen molar-refractivity contribution in [1.82, 2.24) is 0 Å². The van der Waals surface area contributed by atoms with Crippen molar-refractivity contribution in [3.63, 3.8) is 0 Å².